The minimum atomic E-state index is -2.52. The van der Waals surface area contributed by atoms with Crippen LogP contribution in [0, 0.1) is 0 Å². The summed E-state index contributed by atoms with van der Waals surface area (Å²) >= 11 is 0. The molecule has 0 aliphatic carbocycles. The van der Waals surface area contributed by atoms with Gasteiger partial charge in [-0.05, 0) is 0 Å². The third-order valence-electron chi connectivity index (χ3n) is 1.48. The van der Waals surface area contributed by atoms with E-state index < -0.39 is 5.92 Å². The molecule has 0 amide bonds. The van der Waals surface area contributed by atoms with Gasteiger partial charge in [0, 0.05) is 19.0 Å². The Balaban J connectivity index is 2.38. The van der Waals surface area contributed by atoms with E-state index in [-0.39, 0.29) is 19.0 Å². The van der Waals surface area contributed by atoms with Gasteiger partial charge in [-0.25, -0.2) is 8.78 Å². The molecule has 1 fully saturated rings. The summed E-state index contributed by atoms with van der Waals surface area (Å²) in [4.78, 5) is 0. The Bertz CT molecular complexity index is 105. The fourth-order valence-electron chi connectivity index (χ4n) is 0.965. The first-order chi connectivity index (χ1) is 4.14. The molecule has 1 heterocycles. The lowest BCUT2D eigenvalue weighted by Crippen LogP contribution is -2.29. The molecule has 54 valence electrons. The molecule has 1 aliphatic heterocycles. The van der Waals surface area contributed by atoms with Gasteiger partial charge in [0.1, 0.15) is 0 Å². The molecule has 0 radical (unpaired) electrons. The number of nitrogens with one attached hydrogen (secondary N) is 1. The molecular formula is C5H10F2N2. The first-order valence-corrected chi connectivity index (χ1v) is 2.95. The molecule has 4 heteroatoms. The standard InChI is InChI=1S/C5H10F2N2/c6-5(7)1-4(2-8)9-3-5/h4,9H,1-3,8H2/t4-/m0/s1. The molecule has 0 aromatic carbocycles. The summed E-state index contributed by atoms with van der Waals surface area (Å²) in [5, 5.41) is 2.62. The van der Waals surface area contributed by atoms with E-state index >= 15 is 0 Å². The summed E-state index contributed by atoms with van der Waals surface area (Å²) in [6, 6.07) is -0.181. The Morgan fingerprint density at radius 2 is 2.33 bits per heavy atom. The lowest BCUT2D eigenvalue weighted by Gasteiger charge is -2.05. The summed E-state index contributed by atoms with van der Waals surface area (Å²) < 4.78 is 24.5. The van der Waals surface area contributed by atoms with Crippen LogP contribution in [0.1, 0.15) is 6.42 Å². The van der Waals surface area contributed by atoms with Gasteiger partial charge < -0.3 is 11.1 Å². The Hall–Kier alpha value is -0.220. The van der Waals surface area contributed by atoms with Crippen molar-refractivity contribution in [2.24, 2.45) is 5.73 Å². The molecule has 0 aromatic rings. The van der Waals surface area contributed by atoms with Gasteiger partial charge in [-0.15, -0.1) is 0 Å². The highest BCUT2D eigenvalue weighted by molar-refractivity contribution is 4.87. The van der Waals surface area contributed by atoms with E-state index in [9.17, 15) is 8.78 Å². The molecule has 2 nitrogen and oxygen atoms in total. The van der Waals surface area contributed by atoms with Crippen LogP contribution in [-0.4, -0.2) is 25.1 Å². The zero-order valence-corrected chi connectivity index (χ0v) is 5.03. The Kier molecular flexibility index (Phi) is 1.68. The van der Waals surface area contributed by atoms with E-state index in [1.807, 2.05) is 0 Å². The van der Waals surface area contributed by atoms with Crippen molar-refractivity contribution in [2.45, 2.75) is 18.4 Å². The maximum Gasteiger partial charge on any atom is 0.261 e. The fourth-order valence-corrected chi connectivity index (χ4v) is 0.965. The molecule has 0 aromatic heterocycles. The van der Waals surface area contributed by atoms with Gasteiger partial charge in [0.05, 0.1) is 6.54 Å². The molecule has 0 unspecified atom stereocenters. The van der Waals surface area contributed by atoms with Crippen molar-refractivity contribution < 1.29 is 8.78 Å². The van der Waals surface area contributed by atoms with Gasteiger partial charge >= 0.3 is 0 Å². The van der Waals surface area contributed by atoms with Crippen LogP contribution in [0.2, 0.25) is 0 Å². The van der Waals surface area contributed by atoms with Gasteiger partial charge in [-0.1, -0.05) is 0 Å². The Morgan fingerprint density at radius 1 is 1.67 bits per heavy atom. The van der Waals surface area contributed by atoms with Gasteiger partial charge in [0.15, 0.2) is 0 Å². The highest BCUT2D eigenvalue weighted by atomic mass is 19.3. The molecule has 1 atom stereocenters. The molecule has 3 N–H and O–H groups in total. The smallest absolute Gasteiger partial charge is 0.261 e. The number of hydrogen-bond acceptors (Lipinski definition) is 2. The maximum atomic E-state index is 12.3. The zero-order valence-electron chi connectivity index (χ0n) is 5.03. The van der Waals surface area contributed by atoms with E-state index in [0.29, 0.717) is 6.54 Å². The average Bonchev–Trinajstić information content (AvgIpc) is 2.10. The van der Waals surface area contributed by atoms with Gasteiger partial charge in [0.2, 0.25) is 0 Å². The highest BCUT2D eigenvalue weighted by Crippen LogP contribution is 2.24. The summed E-state index contributed by atoms with van der Waals surface area (Å²) in [5.74, 6) is -2.52. The molecule has 1 rings (SSSR count). The van der Waals surface area contributed by atoms with Crippen LogP contribution < -0.4 is 11.1 Å². The van der Waals surface area contributed by atoms with Crippen LogP contribution in [0.15, 0.2) is 0 Å². The lowest BCUT2D eigenvalue weighted by atomic mass is 10.2. The maximum absolute atomic E-state index is 12.3. The number of hydrogen-bond donors (Lipinski definition) is 2. The molecule has 1 saturated heterocycles. The first kappa shape index (κ1) is 6.89. The number of alkyl halides is 2. The van der Waals surface area contributed by atoms with Crippen LogP contribution in [0.25, 0.3) is 0 Å². The summed E-state index contributed by atoms with van der Waals surface area (Å²) in [5.41, 5.74) is 5.16. The number of nitrogens with two attached hydrogens (primary N) is 1. The molecule has 0 bridgehead atoms. The van der Waals surface area contributed by atoms with Crippen molar-refractivity contribution in [1.29, 1.82) is 0 Å². The predicted molar refractivity (Wildman–Crippen MR) is 30.4 cm³/mol. The predicted octanol–water partition coefficient (Wildman–Crippen LogP) is -0.0577. The molecule has 9 heavy (non-hydrogen) atoms. The number of halogens is 2. The van der Waals surface area contributed by atoms with Gasteiger partial charge in [-0.3, -0.25) is 0 Å². The second kappa shape index (κ2) is 2.19. The SMILES string of the molecule is NC[C@@H]1CC(F)(F)CN1. The van der Waals surface area contributed by atoms with Crippen molar-refractivity contribution in [3.8, 4) is 0 Å². The van der Waals surface area contributed by atoms with E-state index in [0.717, 1.165) is 0 Å². The van der Waals surface area contributed by atoms with Crippen LogP contribution in [0.3, 0.4) is 0 Å². The molecule has 0 saturated carbocycles. The topological polar surface area (TPSA) is 38.0 Å². The summed E-state index contributed by atoms with van der Waals surface area (Å²) in [6.07, 6.45) is -0.108. The van der Waals surface area contributed by atoms with Crippen LogP contribution in [0.5, 0.6) is 0 Å². The quantitative estimate of drug-likeness (QED) is 0.530. The average molecular weight is 136 g/mol. The van der Waals surface area contributed by atoms with Crippen molar-refractivity contribution in [1.82, 2.24) is 5.32 Å². The second-order valence-electron chi connectivity index (χ2n) is 2.37. The fraction of sp³-hybridized carbons (Fsp3) is 1.00. The van der Waals surface area contributed by atoms with Gasteiger partial charge in [-0.2, -0.15) is 0 Å². The largest absolute Gasteiger partial charge is 0.329 e. The third-order valence-corrected chi connectivity index (χ3v) is 1.48. The Labute approximate surface area is 52.4 Å². The van der Waals surface area contributed by atoms with Crippen molar-refractivity contribution in [3.05, 3.63) is 0 Å². The summed E-state index contributed by atoms with van der Waals surface area (Å²) in [7, 11) is 0. The molecular weight excluding hydrogens is 126 g/mol. The minimum Gasteiger partial charge on any atom is -0.329 e. The molecule has 1 aliphatic rings. The van der Waals surface area contributed by atoms with Gasteiger partial charge in [0.25, 0.3) is 5.92 Å². The minimum absolute atomic E-state index is 0.108. The molecule has 0 spiro atoms. The zero-order chi connectivity index (χ0) is 6.91. The van der Waals surface area contributed by atoms with Crippen LogP contribution in [-0.2, 0) is 0 Å². The first-order valence-electron chi connectivity index (χ1n) is 2.95. The van der Waals surface area contributed by atoms with Crippen molar-refractivity contribution in [3.63, 3.8) is 0 Å². The Morgan fingerprint density at radius 3 is 2.56 bits per heavy atom. The van der Waals surface area contributed by atoms with Crippen molar-refractivity contribution in [2.75, 3.05) is 13.1 Å². The lowest BCUT2D eigenvalue weighted by molar-refractivity contribution is 0.0213. The second-order valence-corrected chi connectivity index (χ2v) is 2.37. The third kappa shape index (κ3) is 1.59. The normalized spacial score (nSPS) is 33.0. The van der Waals surface area contributed by atoms with E-state index in [4.69, 9.17) is 5.73 Å². The van der Waals surface area contributed by atoms with E-state index in [1.54, 1.807) is 0 Å². The van der Waals surface area contributed by atoms with Crippen LogP contribution in [0.4, 0.5) is 8.78 Å². The van der Waals surface area contributed by atoms with Crippen LogP contribution >= 0.6 is 0 Å². The van der Waals surface area contributed by atoms with Crippen molar-refractivity contribution >= 4 is 0 Å². The highest BCUT2D eigenvalue weighted by Gasteiger charge is 2.38. The monoisotopic (exact) mass is 136 g/mol. The number of rotatable bonds is 1. The van der Waals surface area contributed by atoms with E-state index in [1.165, 1.54) is 0 Å². The van der Waals surface area contributed by atoms with E-state index in [2.05, 4.69) is 5.32 Å². The summed E-state index contributed by atoms with van der Waals surface area (Å²) in [6.45, 7) is 0.0878.